The van der Waals surface area contributed by atoms with Crippen molar-refractivity contribution in [3.05, 3.63) is 48.8 Å². The number of pyridine rings is 1. The van der Waals surface area contributed by atoms with E-state index in [9.17, 15) is 0 Å². The van der Waals surface area contributed by atoms with E-state index in [4.69, 9.17) is 4.98 Å². The van der Waals surface area contributed by atoms with Gasteiger partial charge in [0.1, 0.15) is 0 Å². The van der Waals surface area contributed by atoms with Gasteiger partial charge < -0.3 is 15.2 Å². The molecule has 1 aromatic carbocycles. The minimum atomic E-state index is 0.630. The van der Waals surface area contributed by atoms with E-state index >= 15 is 0 Å². The Hall–Kier alpha value is -2.33. The summed E-state index contributed by atoms with van der Waals surface area (Å²) in [7, 11) is 0. The van der Waals surface area contributed by atoms with Gasteiger partial charge in [-0.15, -0.1) is 0 Å². The van der Waals surface area contributed by atoms with Gasteiger partial charge in [-0.2, -0.15) is 0 Å². The van der Waals surface area contributed by atoms with E-state index in [-0.39, 0.29) is 0 Å². The number of H-pyrrole nitrogens is 1. The van der Waals surface area contributed by atoms with Crippen LogP contribution in [0.4, 0.5) is 5.69 Å². The Morgan fingerprint density at radius 2 is 1.88 bits per heavy atom. The van der Waals surface area contributed by atoms with Crippen LogP contribution < -0.4 is 5.32 Å². The number of anilines is 1. The summed E-state index contributed by atoms with van der Waals surface area (Å²) in [4.78, 5) is 10.7. The molecule has 2 aromatic heterocycles. The fourth-order valence-electron chi connectivity index (χ4n) is 5.69. The minimum Gasteiger partial charge on any atom is -0.380 e. The van der Waals surface area contributed by atoms with Crippen molar-refractivity contribution in [2.75, 3.05) is 25.0 Å². The summed E-state index contributed by atoms with van der Waals surface area (Å²) in [6, 6.07) is 13.6. The largest absolute Gasteiger partial charge is 0.380 e. The second-order valence-electron chi connectivity index (χ2n) is 8.46. The SMILES string of the molecule is c1cc2ccc(-c3ccc(NC4[C@H]5CC6C[C@H]4CN(C6)C5)cn3)cc2[nH]1. The predicted molar refractivity (Wildman–Crippen MR) is 105 cm³/mol. The zero-order chi connectivity index (χ0) is 17.1. The molecule has 4 bridgehead atoms. The Bertz CT molecular complexity index is 914. The van der Waals surface area contributed by atoms with Crippen LogP contribution in [0.2, 0.25) is 0 Å². The summed E-state index contributed by atoms with van der Waals surface area (Å²) < 4.78 is 0. The number of aromatic nitrogens is 2. The third-order valence-electron chi connectivity index (χ3n) is 6.74. The molecule has 3 aromatic rings. The molecule has 2 N–H and O–H groups in total. The van der Waals surface area contributed by atoms with E-state index < -0.39 is 0 Å². The molecule has 5 heterocycles. The Balaban J connectivity index is 1.23. The van der Waals surface area contributed by atoms with Crippen LogP contribution in [-0.4, -0.2) is 40.5 Å². The first-order valence-corrected chi connectivity index (χ1v) is 9.84. The first-order chi connectivity index (χ1) is 12.8. The van der Waals surface area contributed by atoms with Gasteiger partial charge in [0, 0.05) is 43.0 Å². The number of nitrogens with zero attached hydrogens (tertiary/aromatic N) is 2. The molecular weight excluding hydrogens is 320 g/mol. The van der Waals surface area contributed by atoms with Gasteiger partial charge in [0.25, 0.3) is 0 Å². The summed E-state index contributed by atoms with van der Waals surface area (Å²) in [6.07, 6.45) is 6.81. The Labute approximate surface area is 153 Å². The molecule has 3 saturated heterocycles. The van der Waals surface area contributed by atoms with Crippen molar-refractivity contribution in [2.45, 2.75) is 18.9 Å². The highest BCUT2D eigenvalue weighted by atomic mass is 15.2. The smallest absolute Gasteiger partial charge is 0.0704 e. The van der Waals surface area contributed by atoms with Gasteiger partial charge in [0.05, 0.1) is 17.6 Å². The van der Waals surface area contributed by atoms with Crippen molar-refractivity contribution < 1.29 is 0 Å². The first kappa shape index (κ1) is 14.8. The van der Waals surface area contributed by atoms with Crippen LogP contribution in [0.1, 0.15) is 12.8 Å². The number of nitrogens with one attached hydrogen (secondary N) is 2. The molecule has 1 saturated carbocycles. The van der Waals surface area contributed by atoms with Gasteiger partial charge in [0.15, 0.2) is 0 Å². The lowest BCUT2D eigenvalue weighted by Gasteiger charge is -2.56. The molecule has 2 atom stereocenters. The topological polar surface area (TPSA) is 44.0 Å². The lowest BCUT2D eigenvalue weighted by Crippen LogP contribution is -2.62. The fourth-order valence-corrected chi connectivity index (χ4v) is 5.69. The summed E-state index contributed by atoms with van der Waals surface area (Å²) in [5, 5.41) is 5.07. The van der Waals surface area contributed by atoms with Crippen molar-refractivity contribution in [3.8, 4) is 11.3 Å². The van der Waals surface area contributed by atoms with Crippen LogP contribution in [0.25, 0.3) is 22.2 Å². The number of hydrogen-bond acceptors (Lipinski definition) is 3. The summed E-state index contributed by atoms with van der Waals surface area (Å²) in [5.41, 5.74) is 4.52. The van der Waals surface area contributed by atoms with Gasteiger partial charge in [-0.1, -0.05) is 12.1 Å². The molecule has 0 spiro atoms. The Kier molecular flexibility index (Phi) is 3.18. The predicted octanol–water partition coefficient (Wildman–Crippen LogP) is 3.98. The molecule has 26 heavy (non-hydrogen) atoms. The number of fused-ring (bicyclic) bond motifs is 1. The van der Waals surface area contributed by atoms with E-state index in [0.29, 0.717) is 6.04 Å². The molecule has 4 heteroatoms. The number of benzene rings is 1. The van der Waals surface area contributed by atoms with E-state index in [2.05, 4.69) is 51.6 Å². The van der Waals surface area contributed by atoms with Crippen molar-refractivity contribution in [1.82, 2.24) is 14.9 Å². The molecule has 4 aliphatic rings. The van der Waals surface area contributed by atoms with Crippen LogP contribution >= 0.6 is 0 Å². The van der Waals surface area contributed by atoms with Crippen LogP contribution in [-0.2, 0) is 0 Å². The van der Waals surface area contributed by atoms with Gasteiger partial charge in [-0.3, -0.25) is 4.98 Å². The van der Waals surface area contributed by atoms with Crippen LogP contribution in [0, 0.1) is 17.8 Å². The average molecular weight is 344 g/mol. The minimum absolute atomic E-state index is 0.630. The van der Waals surface area contributed by atoms with E-state index in [1.807, 2.05) is 12.4 Å². The maximum absolute atomic E-state index is 4.74. The molecule has 7 rings (SSSR count). The van der Waals surface area contributed by atoms with Crippen LogP contribution in [0.15, 0.2) is 48.8 Å². The molecule has 4 nitrogen and oxygen atoms in total. The molecule has 0 unspecified atom stereocenters. The maximum Gasteiger partial charge on any atom is 0.0704 e. The molecule has 1 aliphatic carbocycles. The van der Waals surface area contributed by atoms with Gasteiger partial charge in [-0.05, 0) is 60.2 Å². The number of aromatic amines is 1. The third kappa shape index (κ3) is 2.36. The second-order valence-corrected chi connectivity index (χ2v) is 8.46. The molecule has 4 fully saturated rings. The molecule has 3 aliphatic heterocycles. The highest BCUT2D eigenvalue weighted by Gasteiger charge is 2.47. The first-order valence-electron chi connectivity index (χ1n) is 9.84. The monoisotopic (exact) mass is 344 g/mol. The highest BCUT2D eigenvalue weighted by molar-refractivity contribution is 5.84. The average Bonchev–Trinajstić information content (AvgIpc) is 3.12. The van der Waals surface area contributed by atoms with Crippen molar-refractivity contribution >= 4 is 16.6 Å². The summed E-state index contributed by atoms with van der Waals surface area (Å²) >= 11 is 0. The number of rotatable bonds is 3. The quantitative estimate of drug-likeness (QED) is 0.755. The highest BCUT2D eigenvalue weighted by Crippen LogP contribution is 2.44. The maximum atomic E-state index is 4.74. The second kappa shape index (κ2) is 5.58. The molecule has 0 radical (unpaired) electrons. The van der Waals surface area contributed by atoms with Gasteiger partial charge in [0.2, 0.25) is 0 Å². The van der Waals surface area contributed by atoms with Crippen LogP contribution in [0.5, 0.6) is 0 Å². The van der Waals surface area contributed by atoms with Crippen molar-refractivity contribution in [2.24, 2.45) is 17.8 Å². The zero-order valence-electron chi connectivity index (χ0n) is 14.9. The molecule has 0 amide bonds. The molecular formula is C22H24N4. The number of piperidine rings is 3. The summed E-state index contributed by atoms with van der Waals surface area (Å²) in [6.45, 7) is 3.92. The van der Waals surface area contributed by atoms with E-state index in [1.165, 1.54) is 43.5 Å². The van der Waals surface area contributed by atoms with Gasteiger partial charge >= 0.3 is 0 Å². The van der Waals surface area contributed by atoms with Crippen molar-refractivity contribution in [3.63, 3.8) is 0 Å². The van der Waals surface area contributed by atoms with Crippen LogP contribution in [0.3, 0.4) is 0 Å². The zero-order valence-corrected chi connectivity index (χ0v) is 14.9. The fraction of sp³-hybridized carbons (Fsp3) is 0.409. The Morgan fingerprint density at radius 1 is 1.00 bits per heavy atom. The number of hydrogen-bond donors (Lipinski definition) is 2. The van der Waals surface area contributed by atoms with Gasteiger partial charge in [-0.25, -0.2) is 0 Å². The Morgan fingerprint density at radius 3 is 2.65 bits per heavy atom. The van der Waals surface area contributed by atoms with Crippen molar-refractivity contribution in [1.29, 1.82) is 0 Å². The van der Waals surface area contributed by atoms with E-state index in [1.54, 1.807) is 0 Å². The lowest BCUT2D eigenvalue weighted by molar-refractivity contribution is -0.0269. The summed E-state index contributed by atoms with van der Waals surface area (Å²) in [5.74, 6) is 2.58. The molecule has 132 valence electrons. The van der Waals surface area contributed by atoms with E-state index in [0.717, 1.165) is 34.5 Å². The lowest BCUT2D eigenvalue weighted by atomic mass is 9.65. The third-order valence-corrected chi connectivity index (χ3v) is 6.74. The standard InChI is InChI=1S/C22H24N4/c1-2-16(9-21-15(1)5-6-23-21)20-4-3-19(10-24-20)25-22-17-7-14-8-18(22)13-26(11-14)12-17/h1-6,9-10,14,17-18,22-23,25H,7-8,11-13H2/t14?,17-,18-,22?/m0/s1. The normalized spacial score (nSPS) is 32.2.